The summed E-state index contributed by atoms with van der Waals surface area (Å²) in [4.78, 5) is 35.2. The molecule has 1 saturated carbocycles. The number of hydrogen-bond donors (Lipinski definition) is 0. The summed E-state index contributed by atoms with van der Waals surface area (Å²) in [7, 11) is 3.03. The maximum absolute atomic E-state index is 11.9. The SMILES string of the molecule is Cn1cc(/C=C2/CCCCC2=O)c(=O)n(C)c1=O. The minimum Gasteiger partial charge on any atom is -0.303 e. The Balaban J connectivity index is 2.53. The highest BCUT2D eigenvalue weighted by atomic mass is 16.2. The average molecular weight is 248 g/mol. The van der Waals surface area contributed by atoms with E-state index in [1.165, 1.54) is 17.8 Å². The Bertz CT molecular complexity index is 635. The van der Waals surface area contributed by atoms with Crippen molar-refractivity contribution in [2.75, 3.05) is 0 Å². The van der Waals surface area contributed by atoms with Gasteiger partial charge in [-0.2, -0.15) is 0 Å². The second kappa shape index (κ2) is 4.76. The summed E-state index contributed by atoms with van der Waals surface area (Å²) in [6, 6.07) is 0. The number of carbonyl (C=O) groups is 1. The van der Waals surface area contributed by atoms with E-state index in [1.54, 1.807) is 13.1 Å². The van der Waals surface area contributed by atoms with Crippen LogP contribution in [0.15, 0.2) is 21.4 Å². The summed E-state index contributed by atoms with van der Waals surface area (Å²) >= 11 is 0. The molecule has 1 aromatic rings. The second-order valence-electron chi connectivity index (χ2n) is 4.64. The summed E-state index contributed by atoms with van der Waals surface area (Å²) in [5.41, 5.74) is 0.364. The number of carbonyl (C=O) groups excluding carboxylic acids is 1. The first-order valence-electron chi connectivity index (χ1n) is 6.01. The Kier molecular flexibility index (Phi) is 3.32. The molecule has 0 spiro atoms. The van der Waals surface area contributed by atoms with E-state index in [9.17, 15) is 14.4 Å². The van der Waals surface area contributed by atoms with Crippen LogP contribution < -0.4 is 11.2 Å². The molecular formula is C13H16N2O3. The van der Waals surface area contributed by atoms with Gasteiger partial charge in [-0.3, -0.25) is 14.2 Å². The van der Waals surface area contributed by atoms with Crippen molar-refractivity contribution in [2.45, 2.75) is 25.7 Å². The van der Waals surface area contributed by atoms with E-state index >= 15 is 0 Å². The van der Waals surface area contributed by atoms with E-state index < -0.39 is 0 Å². The number of aryl methyl sites for hydroxylation is 1. The van der Waals surface area contributed by atoms with Gasteiger partial charge in [0.2, 0.25) is 0 Å². The number of rotatable bonds is 1. The molecule has 5 nitrogen and oxygen atoms in total. The maximum Gasteiger partial charge on any atom is 0.330 e. The van der Waals surface area contributed by atoms with Gasteiger partial charge < -0.3 is 4.57 Å². The number of nitrogens with zero attached hydrogens (tertiary/aromatic N) is 2. The summed E-state index contributed by atoms with van der Waals surface area (Å²) in [6.07, 6.45) is 6.27. The van der Waals surface area contributed by atoms with Crippen molar-refractivity contribution in [3.05, 3.63) is 38.2 Å². The second-order valence-corrected chi connectivity index (χ2v) is 4.64. The molecule has 1 aliphatic rings. The molecule has 5 heteroatoms. The first-order valence-corrected chi connectivity index (χ1v) is 6.01. The lowest BCUT2D eigenvalue weighted by Crippen LogP contribution is -2.37. The first-order chi connectivity index (χ1) is 8.50. The van der Waals surface area contributed by atoms with Crippen molar-refractivity contribution in [3.8, 4) is 0 Å². The summed E-state index contributed by atoms with van der Waals surface area (Å²) < 4.78 is 2.40. The highest BCUT2D eigenvalue weighted by Crippen LogP contribution is 2.21. The van der Waals surface area contributed by atoms with Crippen LogP contribution in [0.25, 0.3) is 6.08 Å². The van der Waals surface area contributed by atoms with Crippen molar-refractivity contribution in [2.24, 2.45) is 14.1 Å². The Morgan fingerprint density at radius 1 is 1.11 bits per heavy atom. The van der Waals surface area contributed by atoms with E-state index in [1.807, 2.05) is 0 Å². The lowest BCUT2D eigenvalue weighted by atomic mass is 9.92. The molecule has 0 radical (unpaired) electrons. The number of allylic oxidation sites excluding steroid dienone is 1. The predicted molar refractivity (Wildman–Crippen MR) is 68.4 cm³/mol. The normalized spacial score (nSPS) is 18.3. The number of aromatic nitrogens is 2. The molecule has 2 rings (SSSR count). The van der Waals surface area contributed by atoms with Crippen molar-refractivity contribution in [1.82, 2.24) is 9.13 Å². The van der Waals surface area contributed by atoms with Gasteiger partial charge in [0.05, 0.1) is 5.56 Å². The van der Waals surface area contributed by atoms with Gasteiger partial charge in [0.1, 0.15) is 0 Å². The van der Waals surface area contributed by atoms with Gasteiger partial charge >= 0.3 is 5.69 Å². The molecule has 18 heavy (non-hydrogen) atoms. The van der Waals surface area contributed by atoms with Crippen molar-refractivity contribution in [3.63, 3.8) is 0 Å². The molecule has 1 aliphatic carbocycles. The van der Waals surface area contributed by atoms with Crippen molar-refractivity contribution >= 4 is 11.9 Å². The van der Waals surface area contributed by atoms with Crippen LogP contribution in [0.1, 0.15) is 31.2 Å². The number of hydrogen-bond acceptors (Lipinski definition) is 3. The van der Waals surface area contributed by atoms with Crippen LogP contribution >= 0.6 is 0 Å². The van der Waals surface area contributed by atoms with Gasteiger partial charge in [0.25, 0.3) is 5.56 Å². The van der Waals surface area contributed by atoms with Crippen LogP contribution in [0, 0.1) is 0 Å². The van der Waals surface area contributed by atoms with E-state index in [0.29, 0.717) is 24.0 Å². The molecule has 0 aliphatic heterocycles. The zero-order valence-corrected chi connectivity index (χ0v) is 10.6. The first kappa shape index (κ1) is 12.5. The van der Waals surface area contributed by atoms with E-state index in [0.717, 1.165) is 17.4 Å². The number of Topliss-reactive ketones (excluding diaryl/α,β-unsaturated/α-hetero) is 1. The lowest BCUT2D eigenvalue weighted by molar-refractivity contribution is -0.116. The van der Waals surface area contributed by atoms with Crippen LogP contribution in [0.5, 0.6) is 0 Å². The topological polar surface area (TPSA) is 61.1 Å². The van der Waals surface area contributed by atoms with Gasteiger partial charge in [-0.05, 0) is 30.9 Å². The third-order valence-electron chi connectivity index (χ3n) is 3.26. The zero-order valence-electron chi connectivity index (χ0n) is 10.6. The minimum absolute atomic E-state index is 0.108. The van der Waals surface area contributed by atoms with Gasteiger partial charge in [0.15, 0.2) is 5.78 Å². The van der Waals surface area contributed by atoms with Gasteiger partial charge in [-0.25, -0.2) is 4.79 Å². The lowest BCUT2D eigenvalue weighted by Gasteiger charge is -2.12. The Morgan fingerprint density at radius 2 is 1.78 bits per heavy atom. The summed E-state index contributed by atoms with van der Waals surface area (Å²) in [6.45, 7) is 0. The smallest absolute Gasteiger partial charge is 0.303 e. The monoisotopic (exact) mass is 248 g/mol. The fraction of sp³-hybridized carbons (Fsp3) is 0.462. The number of ketones is 1. The average Bonchev–Trinajstić information content (AvgIpc) is 2.36. The standard InChI is InChI=1S/C13H16N2O3/c1-14-8-10(12(17)15(2)13(14)18)7-9-5-3-4-6-11(9)16/h7-8H,3-6H2,1-2H3/b9-7-. The molecule has 1 heterocycles. The van der Waals surface area contributed by atoms with Crippen LogP contribution in [0.3, 0.4) is 0 Å². The fourth-order valence-corrected chi connectivity index (χ4v) is 2.18. The Morgan fingerprint density at radius 3 is 2.44 bits per heavy atom. The Labute approximate surface area is 104 Å². The molecule has 0 aromatic carbocycles. The highest BCUT2D eigenvalue weighted by molar-refractivity contribution is 5.99. The highest BCUT2D eigenvalue weighted by Gasteiger charge is 2.15. The van der Waals surface area contributed by atoms with Crippen molar-refractivity contribution < 1.29 is 4.79 Å². The molecule has 0 atom stereocenters. The van der Waals surface area contributed by atoms with Gasteiger partial charge in [-0.1, -0.05) is 0 Å². The summed E-state index contributed by atoms with van der Waals surface area (Å²) in [5, 5.41) is 0. The largest absolute Gasteiger partial charge is 0.330 e. The van der Waals surface area contributed by atoms with Crippen molar-refractivity contribution in [1.29, 1.82) is 0 Å². The van der Waals surface area contributed by atoms with Gasteiger partial charge in [-0.15, -0.1) is 0 Å². The maximum atomic E-state index is 11.9. The zero-order chi connectivity index (χ0) is 13.3. The third kappa shape index (κ3) is 2.20. The molecule has 1 aromatic heterocycles. The van der Waals surface area contributed by atoms with Crippen LogP contribution in [-0.4, -0.2) is 14.9 Å². The predicted octanol–water partition coefficient (Wildman–Crippen LogP) is 0.611. The molecule has 1 fully saturated rings. The van der Waals surface area contributed by atoms with Gasteiger partial charge in [0, 0.05) is 26.7 Å². The van der Waals surface area contributed by atoms with E-state index in [-0.39, 0.29) is 17.0 Å². The van der Waals surface area contributed by atoms with Crippen LogP contribution in [0.2, 0.25) is 0 Å². The third-order valence-corrected chi connectivity index (χ3v) is 3.26. The molecular weight excluding hydrogens is 232 g/mol. The Hall–Kier alpha value is -1.91. The molecule has 0 unspecified atom stereocenters. The molecule has 0 bridgehead atoms. The summed E-state index contributed by atoms with van der Waals surface area (Å²) in [5.74, 6) is 0.108. The van der Waals surface area contributed by atoms with Crippen LogP contribution in [0.4, 0.5) is 0 Å². The van der Waals surface area contributed by atoms with E-state index in [2.05, 4.69) is 0 Å². The van der Waals surface area contributed by atoms with Crippen LogP contribution in [-0.2, 0) is 18.9 Å². The van der Waals surface area contributed by atoms with E-state index in [4.69, 9.17) is 0 Å². The molecule has 96 valence electrons. The quantitative estimate of drug-likeness (QED) is 0.684. The molecule has 0 amide bonds. The fourth-order valence-electron chi connectivity index (χ4n) is 2.18. The molecule has 0 N–H and O–H groups in total. The molecule has 0 saturated heterocycles. The minimum atomic E-state index is -0.364.